The number of halogens is 1. The zero-order chi connectivity index (χ0) is 8.97. The number of rotatable bonds is 3. The van der Waals surface area contributed by atoms with Crippen molar-refractivity contribution in [1.82, 2.24) is 0 Å². The van der Waals surface area contributed by atoms with Gasteiger partial charge in [-0.1, -0.05) is 6.07 Å². The maximum absolute atomic E-state index is 13.1. The highest BCUT2D eigenvalue weighted by atomic mass is 32.2. The van der Waals surface area contributed by atoms with Crippen molar-refractivity contribution < 1.29 is 9.13 Å². The largest absolute Gasteiger partial charge is 0.493 e. The standard InChI is InChI=1S/C9H11FOS/c1-3-11-8-6-4-5-7(10)9(8)12-2/h4-6H,3H2,1-2H3. The van der Waals surface area contributed by atoms with Crippen LogP contribution in [0.25, 0.3) is 0 Å². The lowest BCUT2D eigenvalue weighted by molar-refractivity contribution is 0.328. The Morgan fingerprint density at radius 1 is 1.50 bits per heavy atom. The lowest BCUT2D eigenvalue weighted by atomic mass is 10.3. The highest BCUT2D eigenvalue weighted by Crippen LogP contribution is 2.29. The van der Waals surface area contributed by atoms with Crippen molar-refractivity contribution in [2.45, 2.75) is 11.8 Å². The fraction of sp³-hybridized carbons (Fsp3) is 0.333. The molecule has 0 N–H and O–H groups in total. The minimum atomic E-state index is -0.214. The van der Waals surface area contributed by atoms with Gasteiger partial charge >= 0.3 is 0 Å². The molecule has 0 radical (unpaired) electrons. The van der Waals surface area contributed by atoms with E-state index < -0.39 is 0 Å². The first kappa shape index (κ1) is 9.39. The van der Waals surface area contributed by atoms with E-state index in [1.54, 1.807) is 12.1 Å². The Morgan fingerprint density at radius 2 is 2.25 bits per heavy atom. The molecule has 1 aromatic carbocycles. The van der Waals surface area contributed by atoms with Crippen molar-refractivity contribution in [3.05, 3.63) is 24.0 Å². The molecule has 1 aromatic rings. The van der Waals surface area contributed by atoms with Crippen molar-refractivity contribution in [1.29, 1.82) is 0 Å². The molecule has 0 unspecified atom stereocenters. The first-order valence-corrected chi connectivity index (χ1v) is 4.97. The zero-order valence-corrected chi connectivity index (χ0v) is 7.95. The summed E-state index contributed by atoms with van der Waals surface area (Å²) in [5, 5.41) is 0. The average molecular weight is 186 g/mol. The molecule has 0 aliphatic carbocycles. The van der Waals surface area contributed by atoms with Gasteiger partial charge in [-0.05, 0) is 25.3 Å². The summed E-state index contributed by atoms with van der Waals surface area (Å²) in [7, 11) is 0. The molecule has 0 aliphatic heterocycles. The molecule has 1 rings (SSSR count). The monoisotopic (exact) mass is 186 g/mol. The van der Waals surface area contributed by atoms with Crippen molar-refractivity contribution in [3.8, 4) is 5.75 Å². The molecule has 1 nitrogen and oxygen atoms in total. The first-order valence-electron chi connectivity index (χ1n) is 3.75. The van der Waals surface area contributed by atoms with Gasteiger partial charge in [-0.2, -0.15) is 0 Å². The number of benzene rings is 1. The third-order valence-corrected chi connectivity index (χ3v) is 2.24. The second kappa shape index (κ2) is 4.36. The van der Waals surface area contributed by atoms with Crippen LogP contribution in [-0.4, -0.2) is 12.9 Å². The molecule has 0 bridgehead atoms. The highest BCUT2D eigenvalue weighted by Gasteiger charge is 2.06. The van der Waals surface area contributed by atoms with E-state index in [0.29, 0.717) is 17.3 Å². The maximum atomic E-state index is 13.1. The Labute approximate surface area is 75.9 Å². The molecule has 0 aliphatic rings. The van der Waals surface area contributed by atoms with Crippen LogP contribution in [0, 0.1) is 5.82 Å². The van der Waals surface area contributed by atoms with Crippen LogP contribution in [0.4, 0.5) is 4.39 Å². The Bertz CT molecular complexity index is 263. The quantitative estimate of drug-likeness (QED) is 0.671. The molecule has 0 fully saturated rings. The van der Waals surface area contributed by atoms with Gasteiger partial charge in [-0.3, -0.25) is 0 Å². The van der Waals surface area contributed by atoms with Crippen LogP contribution in [0.3, 0.4) is 0 Å². The fourth-order valence-electron chi connectivity index (χ4n) is 0.956. The van der Waals surface area contributed by atoms with E-state index in [1.165, 1.54) is 17.8 Å². The molecule has 66 valence electrons. The second-order valence-electron chi connectivity index (χ2n) is 2.20. The van der Waals surface area contributed by atoms with E-state index in [1.807, 2.05) is 13.2 Å². The van der Waals surface area contributed by atoms with Crippen molar-refractivity contribution in [2.24, 2.45) is 0 Å². The molecule has 3 heteroatoms. The SMILES string of the molecule is CCOc1cccc(F)c1SC. The van der Waals surface area contributed by atoms with Crippen LogP contribution in [0.15, 0.2) is 23.1 Å². The molecular weight excluding hydrogens is 175 g/mol. The van der Waals surface area contributed by atoms with Crippen LogP contribution in [0.5, 0.6) is 5.75 Å². The molecule has 0 saturated carbocycles. The van der Waals surface area contributed by atoms with Crippen LogP contribution in [0.1, 0.15) is 6.92 Å². The molecule has 0 atom stereocenters. The highest BCUT2D eigenvalue weighted by molar-refractivity contribution is 7.98. The van der Waals surface area contributed by atoms with Gasteiger partial charge in [0.05, 0.1) is 11.5 Å². The van der Waals surface area contributed by atoms with Crippen molar-refractivity contribution >= 4 is 11.8 Å². The summed E-state index contributed by atoms with van der Waals surface area (Å²) in [6.45, 7) is 2.45. The molecule has 0 spiro atoms. The van der Waals surface area contributed by atoms with E-state index in [9.17, 15) is 4.39 Å². The van der Waals surface area contributed by atoms with Crippen LogP contribution in [-0.2, 0) is 0 Å². The molecular formula is C9H11FOS. The van der Waals surface area contributed by atoms with Gasteiger partial charge in [-0.15, -0.1) is 11.8 Å². The van der Waals surface area contributed by atoms with Crippen molar-refractivity contribution in [3.63, 3.8) is 0 Å². The van der Waals surface area contributed by atoms with Gasteiger partial charge in [-0.25, -0.2) is 4.39 Å². The van der Waals surface area contributed by atoms with E-state index in [-0.39, 0.29) is 5.82 Å². The summed E-state index contributed by atoms with van der Waals surface area (Å²) in [5.41, 5.74) is 0. The summed E-state index contributed by atoms with van der Waals surface area (Å²) >= 11 is 1.36. The zero-order valence-electron chi connectivity index (χ0n) is 7.13. The van der Waals surface area contributed by atoms with E-state index in [0.717, 1.165) is 0 Å². The maximum Gasteiger partial charge on any atom is 0.140 e. The van der Waals surface area contributed by atoms with E-state index in [2.05, 4.69) is 0 Å². The van der Waals surface area contributed by atoms with E-state index >= 15 is 0 Å². The fourth-order valence-corrected chi connectivity index (χ4v) is 1.55. The minimum absolute atomic E-state index is 0.214. The number of hydrogen-bond donors (Lipinski definition) is 0. The van der Waals surface area contributed by atoms with Gasteiger partial charge in [0.25, 0.3) is 0 Å². The second-order valence-corrected chi connectivity index (χ2v) is 3.02. The predicted molar refractivity (Wildman–Crippen MR) is 49.4 cm³/mol. The smallest absolute Gasteiger partial charge is 0.140 e. The molecule has 12 heavy (non-hydrogen) atoms. The normalized spacial score (nSPS) is 9.92. The average Bonchev–Trinajstić information content (AvgIpc) is 2.05. The summed E-state index contributed by atoms with van der Waals surface area (Å²) in [6, 6.07) is 4.87. The molecule has 0 amide bonds. The summed E-state index contributed by atoms with van der Waals surface area (Å²) in [5.74, 6) is 0.415. The summed E-state index contributed by atoms with van der Waals surface area (Å²) < 4.78 is 18.3. The number of ether oxygens (including phenoxy) is 1. The van der Waals surface area contributed by atoms with Gasteiger partial charge < -0.3 is 4.74 Å². The molecule has 0 saturated heterocycles. The first-order chi connectivity index (χ1) is 5.79. The number of thioether (sulfide) groups is 1. The number of hydrogen-bond acceptors (Lipinski definition) is 2. The topological polar surface area (TPSA) is 9.23 Å². The van der Waals surface area contributed by atoms with Crippen molar-refractivity contribution in [2.75, 3.05) is 12.9 Å². The minimum Gasteiger partial charge on any atom is -0.493 e. The molecule has 0 aromatic heterocycles. The Kier molecular flexibility index (Phi) is 3.41. The predicted octanol–water partition coefficient (Wildman–Crippen LogP) is 2.95. The Balaban J connectivity index is 3.00. The van der Waals surface area contributed by atoms with Crippen LogP contribution >= 0.6 is 11.8 Å². The lowest BCUT2D eigenvalue weighted by Crippen LogP contribution is -1.94. The third-order valence-electron chi connectivity index (χ3n) is 1.43. The van der Waals surface area contributed by atoms with Crippen LogP contribution < -0.4 is 4.74 Å². The Morgan fingerprint density at radius 3 is 2.83 bits per heavy atom. The third kappa shape index (κ3) is 1.91. The van der Waals surface area contributed by atoms with Gasteiger partial charge in [0, 0.05) is 0 Å². The van der Waals surface area contributed by atoms with Gasteiger partial charge in [0.15, 0.2) is 0 Å². The summed E-state index contributed by atoms with van der Waals surface area (Å²) in [4.78, 5) is 0.583. The molecule has 0 heterocycles. The lowest BCUT2D eigenvalue weighted by Gasteiger charge is -2.07. The van der Waals surface area contributed by atoms with Gasteiger partial charge in [0.1, 0.15) is 11.6 Å². The Hall–Kier alpha value is -0.700. The summed E-state index contributed by atoms with van der Waals surface area (Å²) in [6.07, 6.45) is 1.83. The van der Waals surface area contributed by atoms with Crippen LogP contribution in [0.2, 0.25) is 0 Å². The van der Waals surface area contributed by atoms with E-state index in [4.69, 9.17) is 4.74 Å². The van der Waals surface area contributed by atoms with Gasteiger partial charge in [0.2, 0.25) is 0 Å².